The van der Waals surface area contributed by atoms with E-state index in [1.807, 2.05) is 24.3 Å². The molecule has 0 bridgehead atoms. The molecule has 1 aromatic carbocycles. The minimum atomic E-state index is -0.253. The monoisotopic (exact) mass is 306 g/mol. The molecular weight excluding hydrogens is 284 g/mol. The van der Waals surface area contributed by atoms with Gasteiger partial charge >= 0.3 is 0 Å². The number of nitrogens with two attached hydrogens (primary N) is 1. The molecule has 0 aliphatic carbocycles. The van der Waals surface area contributed by atoms with Gasteiger partial charge in [0.05, 0.1) is 11.5 Å². The number of carbonyl (C=O) groups excluding carboxylic acids is 1. The van der Waals surface area contributed by atoms with Crippen LogP contribution >= 0.6 is 11.3 Å². The van der Waals surface area contributed by atoms with Gasteiger partial charge in [-0.15, -0.1) is 11.3 Å². The number of carbonyl (C=O) groups is 1. The highest BCUT2D eigenvalue weighted by Gasteiger charge is 2.17. The van der Waals surface area contributed by atoms with E-state index >= 15 is 0 Å². The van der Waals surface area contributed by atoms with Gasteiger partial charge in [-0.2, -0.15) is 0 Å². The predicted molar refractivity (Wildman–Crippen MR) is 87.2 cm³/mol. The van der Waals surface area contributed by atoms with Gasteiger partial charge in [0.15, 0.2) is 0 Å². The van der Waals surface area contributed by atoms with Crippen LogP contribution in [-0.2, 0) is 11.3 Å². The van der Waals surface area contributed by atoms with E-state index in [0.717, 1.165) is 28.5 Å². The van der Waals surface area contributed by atoms with Gasteiger partial charge in [-0.3, -0.25) is 10.2 Å². The van der Waals surface area contributed by atoms with Crippen molar-refractivity contribution in [2.45, 2.75) is 33.3 Å². The summed E-state index contributed by atoms with van der Waals surface area (Å²) in [6.45, 7) is 5.57. The maximum absolute atomic E-state index is 11.9. The summed E-state index contributed by atoms with van der Waals surface area (Å²) in [5.41, 5.74) is 3.15. The number of fused-ring (bicyclic) bond motifs is 1. The Morgan fingerprint density at radius 2 is 2.14 bits per heavy atom. The van der Waals surface area contributed by atoms with E-state index in [-0.39, 0.29) is 5.91 Å². The first-order valence-electron chi connectivity index (χ1n) is 7.22. The van der Waals surface area contributed by atoms with Gasteiger partial charge in [0, 0.05) is 16.9 Å². The Morgan fingerprint density at radius 1 is 1.38 bits per heavy atom. The minimum Gasteiger partial charge on any atom is -0.377 e. The third kappa shape index (κ3) is 4.03. The number of nitrogens with one attached hydrogen (secondary N) is 1. The largest absolute Gasteiger partial charge is 0.377 e. The van der Waals surface area contributed by atoms with Crippen molar-refractivity contribution in [3.63, 3.8) is 0 Å². The molecule has 0 saturated carbocycles. The van der Waals surface area contributed by atoms with Crippen LogP contribution in [0, 0.1) is 5.92 Å². The predicted octanol–water partition coefficient (Wildman–Crippen LogP) is 3.46. The summed E-state index contributed by atoms with van der Waals surface area (Å²) in [4.78, 5) is 12.5. The van der Waals surface area contributed by atoms with E-state index in [1.165, 1.54) is 11.3 Å². The normalized spacial score (nSPS) is 11.2. The molecule has 2 rings (SSSR count). The van der Waals surface area contributed by atoms with Crippen LogP contribution in [0.4, 0.5) is 0 Å². The van der Waals surface area contributed by atoms with Gasteiger partial charge in [0.25, 0.3) is 5.91 Å². The summed E-state index contributed by atoms with van der Waals surface area (Å²) in [6.07, 6.45) is 2.19. The Bertz CT molecular complexity index is 607. The molecule has 0 radical (unpaired) electrons. The molecule has 0 aliphatic rings. The fourth-order valence-corrected chi connectivity index (χ4v) is 3.37. The van der Waals surface area contributed by atoms with Gasteiger partial charge in [0.1, 0.15) is 0 Å². The number of benzene rings is 1. The number of ether oxygens (including phenoxy) is 1. The van der Waals surface area contributed by atoms with Crippen LogP contribution in [0.25, 0.3) is 10.1 Å². The number of amides is 1. The molecule has 0 saturated heterocycles. The van der Waals surface area contributed by atoms with Crippen LogP contribution < -0.4 is 11.3 Å². The average molecular weight is 306 g/mol. The Balaban J connectivity index is 2.11. The van der Waals surface area contributed by atoms with Crippen LogP contribution in [0.15, 0.2) is 24.3 Å². The van der Waals surface area contributed by atoms with Crippen molar-refractivity contribution in [3.8, 4) is 0 Å². The summed E-state index contributed by atoms with van der Waals surface area (Å²) in [6, 6.07) is 7.97. The molecule has 114 valence electrons. The van der Waals surface area contributed by atoms with Crippen molar-refractivity contribution in [1.82, 2.24) is 5.43 Å². The summed E-state index contributed by atoms with van der Waals surface area (Å²) < 4.78 is 6.84. The van der Waals surface area contributed by atoms with Gasteiger partial charge < -0.3 is 4.74 Å². The summed E-state index contributed by atoms with van der Waals surface area (Å²) in [7, 11) is 0. The molecule has 4 nitrogen and oxygen atoms in total. The van der Waals surface area contributed by atoms with Crippen molar-refractivity contribution in [2.75, 3.05) is 6.61 Å². The zero-order valence-corrected chi connectivity index (χ0v) is 13.3. The lowest BCUT2D eigenvalue weighted by atomic mass is 10.1. The van der Waals surface area contributed by atoms with Gasteiger partial charge in [0.2, 0.25) is 0 Å². The van der Waals surface area contributed by atoms with Crippen LogP contribution in [0.1, 0.15) is 41.9 Å². The molecule has 5 heteroatoms. The Morgan fingerprint density at radius 3 is 2.86 bits per heavy atom. The lowest BCUT2D eigenvalue weighted by molar-refractivity contribution is 0.0943. The fourth-order valence-electron chi connectivity index (χ4n) is 2.26. The maximum atomic E-state index is 11.9. The lowest BCUT2D eigenvalue weighted by Crippen LogP contribution is -2.30. The SMILES string of the molecule is CC(C)CCCOCc1c(C(=O)NN)sc2ccccc12. The summed E-state index contributed by atoms with van der Waals surface area (Å²) in [5, 5.41) is 1.07. The zero-order valence-electron chi connectivity index (χ0n) is 12.5. The highest BCUT2D eigenvalue weighted by Crippen LogP contribution is 2.31. The maximum Gasteiger partial charge on any atom is 0.275 e. The van der Waals surface area contributed by atoms with Gasteiger partial charge in [-0.1, -0.05) is 32.0 Å². The Hall–Kier alpha value is -1.43. The number of nitrogen functional groups attached to an aromatic ring is 1. The molecule has 1 amide bonds. The smallest absolute Gasteiger partial charge is 0.275 e. The summed E-state index contributed by atoms with van der Waals surface area (Å²) in [5.74, 6) is 5.71. The third-order valence-electron chi connectivity index (χ3n) is 3.35. The molecule has 3 N–H and O–H groups in total. The van der Waals surface area contributed by atoms with Gasteiger partial charge in [-0.05, 0) is 30.2 Å². The summed E-state index contributed by atoms with van der Waals surface area (Å²) >= 11 is 1.45. The Kier molecular flexibility index (Phi) is 5.73. The van der Waals surface area contributed by atoms with Crippen LogP contribution in [0.3, 0.4) is 0 Å². The highest BCUT2D eigenvalue weighted by molar-refractivity contribution is 7.21. The van der Waals surface area contributed by atoms with E-state index < -0.39 is 0 Å². The second-order valence-electron chi connectivity index (χ2n) is 5.47. The first kappa shape index (κ1) is 15.9. The van der Waals surface area contributed by atoms with E-state index in [1.54, 1.807) is 0 Å². The molecular formula is C16H22N2O2S. The minimum absolute atomic E-state index is 0.253. The van der Waals surface area contributed by atoms with Crippen LogP contribution in [0.2, 0.25) is 0 Å². The van der Waals surface area contributed by atoms with Crippen molar-refractivity contribution in [3.05, 3.63) is 34.7 Å². The van der Waals surface area contributed by atoms with Crippen molar-refractivity contribution in [1.29, 1.82) is 0 Å². The molecule has 1 aromatic heterocycles. The lowest BCUT2D eigenvalue weighted by Gasteiger charge is -2.07. The molecule has 21 heavy (non-hydrogen) atoms. The van der Waals surface area contributed by atoms with Crippen molar-refractivity contribution in [2.24, 2.45) is 11.8 Å². The Labute approximate surface area is 129 Å². The number of hydrogen-bond acceptors (Lipinski definition) is 4. The number of rotatable bonds is 7. The van der Waals surface area contributed by atoms with E-state index in [2.05, 4.69) is 19.3 Å². The molecule has 0 aliphatic heterocycles. The molecule has 1 heterocycles. The van der Waals surface area contributed by atoms with Gasteiger partial charge in [-0.25, -0.2) is 5.84 Å². The number of hydrogen-bond donors (Lipinski definition) is 2. The van der Waals surface area contributed by atoms with Crippen molar-refractivity contribution < 1.29 is 9.53 Å². The van der Waals surface area contributed by atoms with E-state index in [9.17, 15) is 4.79 Å². The second-order valence-corrected chi connectivity index (χ2v) is 6.52. The first-order chi connectivity index (χ1) is 10.1. The number of hydrazine groups is 1. The fraction of sp³-hybridized carbons (Fsp3) is 0.438. The molecule has 0 unspecified atom stereocenters. The molecule has 2 aromatic rings. The van der Waals surface area contributed by atoms with E-state index in [4.69, 9.17) is 10.6 Å². The van der Waals surface area contributed by atoms with Crippen molar-refractivity contribution >= 4 is 27.3 Å². The van der Waals surface area contributed by atoms with E-state index in [0.29, 0.717) is 24.0 Å². The second kappa shape index (κ2) is 7.54. The standard InChI is InChI=1S/C16H22N2O2S/c1-11(2)6-5-9-20-10-13-12-7-3-4-8-14(12)21-15(13)16(19)18-17/h3-4,7-8,11H,5-6,9-10,17H2,1-2H3,(H,18,19). The molecule has 0 fully saturated rings. The third-order valence-corrected chi connectivity index (χ3v) is 4.56. The number of thiophene rings is 1. The zero-order chi connectivity index (χ0) is 15.2. The highest BCUT2D eigenvalue weighted by atomic mass is 32.1. The molecule has 0 atom stereocenters. The topological polar surface area (TPSA) is 64.3 Å². The van der Waals surface area contributed by atoms with Crippen LogP contribution in [-0.4, -0.2) is 12.5 Å². The molecule has 0 spiro atoms. The quantitative estimate of drug-likeness (QED) is 0.356. The average Bonchev–Trinajstić information content (AvgIpc) is 2.85. The first-order valence-corrected chi connectivity index (χ1v) is 8.04. The van der Waals surface area contributed by atoms with Crippen LogP contribution in [0.5, 0.6) is 0 Å².